The maximum Gasteiger partial charge on any atom is 0.243 e. The van der Waals surface area contributed by atoms with Crippen molar-refractivity contribution >= 4 is 27.4 Å². The second kappa shape index (κ2) is 9.97. The number of carbonyl (C=O) groups is 2. The fraction of sp³-hybridized carbons (Fsp3) is 0.400. The van der Waals surface area contributed by atoms with Crippen LogP contribution in [0.15, 0.2) is 59.7 Å². The molecule has 0 bridgehead atoms. The first kappa shape index (κ1) is 23.9. The zero-order valence-electron chi connectivity index (χ0n) is 19.4. The summed E-state index contributed by atoms with van der Waals surface area (Å²) in [6.45, 7) is 0. The fourth-order valence-corrected chi connectivity index (χ4v) is 6.19. The van der Waals surface area contributed by atoms with Crippen molar-refractivity contribution in [1.82, 2.24) is 9.91 Å². The molecule has 0 saturated carbocycles. The predicted molar refractivity (Wildman–Crippen MR) is 129 cm³/mol. The molecular weight excluding hydrogens is 454 g/mol. The predicted octanol–water partition coefficient (Wildman–Crippen LogP) is 2.80. The maximum absolute atomic E-state index is 13.2. The Morgan fingerprint density at radius 2 is 1.79 bits per heavy atom. The molecule has 180 valence electrons. The third kappa shape index (κ3) is 5.30. The van der Waals surface area contributed by atoms with Crippen molar-refractivity contribution in [3.63, 3.8) is 0 Å². The van der Waals surface area contributed by atoms with E-state index >= 15 is 0 Å². The Hall–Kier alpha value is -3.20. The topological polar surface area (TPSA) is 96.3 Å². The number of carbonyl (C=O) groups excluding carboxylic acids is 2. The van der Waals surface area contributed by atoms with Gasteiger partial charge in [0, 0.05) is 32.4 Å². The van der Waals surface area contributed by atoms with Gasteiger partial charge in [-0.05, 0) is 29.7 Å². The molecule has 34 heavy (non-hydrogen) atoms. The summed E-state index contributed by atoms with van der Waals surface area (Å²) in [4.78, 5) is 27.4. The van der Waals surface area contributed by atoms with E-state index < -0.39 is 9.84 Å². The van der Waals surface area contributed by atoms with Gasteiger partial charge in [0.15, 0.2) is 9.84 Å². The van der Waals surface area contributed by atoms with Gasteiger partial charge < -0.3 is 9.64 Å². The molecule has 0 radical (unpaired) electrons. The Kier molecular flexibility index (Phi) is 7.02. The Labute approximate surface area is 200 Å². The highest BCUT2D eigenvalue weighted by molar-refractivity contribution is 7.91. The van der Waals surface area contributed by atoms with Crippen LogP contribution in [0.25, 0.3) is 0 Å². The molecule has 2 aromatic carbocycles. The number of ether oxygens (including phenoxy) is 1. The first-order valence-corrected chi connectivity index (χ1v) is 13.1. The summed E-state index contributed by atoms with van der Waals surface area (Å²) in [6.07, 6.45) is 1.01. The van der Waals surface area contributed by atoms with E-state index in [0.717, 1.165) is 22.6 Å². The van der Waals surface area contributed by atoms with Crippen LogP contribution in [0.3, 0.4) is 0 Å². The van der Waals surface area contributed by atoms with Crippen molar-refractivity contribution in [3.8, 4) is 5.75 Å². The van der Waals surface area contributed by atoms with E-state index in [1.165, 1.54) is 9.91 Å². The molecule has 2 amide bonds. The molecule has 1 fully saturated rings. The lowest BCUT2D eigenvalue weighted by molar-refractivity contribution is -0.138. The first-order chi connectivity index (χ1) is 16.3. The van der Waals surface area contributed by atoms with Crippen LogP contribution in [0.2, 0.25) is 0 Å². The van der Waals surface area contributed by atoms with E-state index in [0.29, 0.717) is 12.8 Å². The molecule has 2 atom stereocenters. The highest BCUT2D eigenvalue weighted by Crippen LogP contribution is 2.34. The van der Waals surface area contributed by atoms with Crippen LogP contribution in [-0.2, 0) is 19.4 Å². The van der Waals surface area contributed by atoms with Crippen LogP contribution in [0, 0.1) is 0 Å². The average Bonchev–Trinajstić information content (AvgIpc) is 3.46. The van der Waals surface area contributed by atoms with Gasteiger partial charge in [-0.15, -0.1) is 0 Å². The Balaban J connectivity index is 1.48. The lowest BCUT2D eigenvalue weighted by Crippen LogP contribution is -2.38. The van der Waals surface area contributed by atoms with Crippen LogP contribution in [-0.4, -0.2) is 67.6 Å². The number of nitrogens with zero attached hydrogens (tertiary/aromatic N) is 3. The van der Waals surface area contributed by atoms with E-state index in [2.05, 4.69) is 5.10 Å². The van der Waals surface area contributed by atoms with Crippen LogP contribution in [0.1, 0.15) is 42.9 Å². The van der Waals surface area contributed by atoms with Gasteiger partial charge in [-0.3, -0.25) is 9.59 Å². The van der Waals surface area contributed by atoms with Gasteiger partial charge >= 0.3 is 0 Å². The van der Waals surface area contributed by atoms with Crippen molar-refractivity contribution in [1.29, 1.82) is 0 Å². The number of amides is 2. The van der Waals surface area contributed by atoms with Gasteiger partial charge in [0.05, 0.1) is 30.4 Å². The van der Waals surface area contributed by atoms with Crippen LogP contribution >= 0.6 is 0 Å². The van der Waals surface area contributed by atoms with Crippen molar-refractivity contribution in [2.75, 3.05) is 25.7 Å². The van der Waals surface area contributed by atoms with Crippen LogP contribution in [0.4, 0.5) is 0 Å². The van der Waals surface area contributed by atoms with E-state index in [-0.39, 0.29) is 48.2 Å². The molecule has 0 aliphatic carbocycles. The minimum Gasteiger partial charge on any atom is -0.497 e. The number of hydrazone groups is 1. The van der Waals surface area contributed by atoms with Crippen LogP contribution < -0.4 is 4.74 Å². The third-order valence-electron chi connectivity index (χ3n) is 6.48. The van der Waals surface area contributed by atoms with E-state index in [4.69, 9.17) is 4.74 Å². The minimum absolute atomic E-state index is 0.000861. The van der Waals surface area contributed by atoms with Gasteiger partial charge in [0.2, 0.25) is 11.8 Å². The molecule has 2 aromatic rings. The Bertz CT molecular complexity index is 1180. The minimum atomic E-state index is -3.09. The fourth-order valence-electron chi connectivity index (χ4n) is 4.42. The number of hydrogen-bond acceptors (Lipinski definition) is 6. The van der Waals surface area contributed by atoms with E-state index in [1.807, 2.05) is 54.6 Å². The smallest absolute Gasteiger partial charge is 0.243 e. The molecule has 0 aromatic heterocycles. The van der Waals surface area contributed by atoms with Gasteiger partial charge in [-0.25, -0.2) is 13.4 Å². The normalized spacial score (nSPS) is 21.2. The molecular formula is C25H29N3O5S. The summed E-state index contributed by atoms with van der Waals surface area (Å²) < 4.78 is 28.7. The van der Waals surface area contributed by atoms with Gasteiger partial charge in [0.25, 0.3) is 0 Å². The van der Waals surface area contributed by atoms with Gasteiger partial charge in [-0.1, -0.05) is 42.5 Å². The zero-order chi connectivity index (χ0) is 24.3. The summed E-state index contributed by atoms with van der Waals surface area (Å²) in [5.41, 5.74) is 2.70. The third-order valence-corrected chi connectivity index (χ3v) is 8.23. The standard InChI is InChI=1S/C25H29N3O5S/c1-27(20-14-15-34(31,32)17-20)24(29)12-13-25(30)28-23(19-8-10-21(33-2)11-9-19)16-22(26-28)18-6-4-3-5-7-18/h3-11,20,23H,12-17H2,1-2H3. The van der Waals surface area contributed by atoms with Crippen LogP contribution in [0.5, 0.6) is 5.75 Å². The molecule has 2 aliphatic heterocycles. The summed E-state index contributed by atoms with van der Waals surface area (Å²) >= 11 is 0. The summed E-state index contributed by atoms with van der Waals surface area (Å²) in [5.74, 6) is 0.337. The molecule has 8 nitrogen and oxygen atoms in total. The highest BCUT2D eigenvalue weighted by Gasteiger charge is 2.35. The lowest BCUT2D eigenvalue weighted by Gasteiger charge is -2.25. The second-order valence-corrected chi connectivity index (χ2v) is 10.9. The maximum atomic E-state index is 13.2. The number of methoxy groups -OCH3 is 1. The number of rotatable bonds is 7. The molecule has 2 aliphatic rings. The summed E-state index contributed by atoms with van der Waals surface area (Å²) in [5, 5.41) is 6.13. The Morgan fingerprint density at radius 3 is 2.41 bits per heavy atom. The van der Waals surface area contributed by atoms with Crippen molar-refractivity contribution in [3.05, 3.63) is 65.7 Å². The summed E-state index contributed by atoms with van der Waals surface area (Å²) in [6, 6.07) is 16.7. The van der Waals surface area contributed by atoms with Crippen molar-refractivity contribution in [2.45, 2.75) is 37.8 Å². The highest BCUT2D eigenvalue weighted by atomic mass is 32.2. The lowest BCUT2D eigenvalue weighted by atomic mass is 9.98. The van der Waals surface area contributed by atoms with E-state index in [9.17, 15) is 18.0 Å². The molecule has 2 unspecified atom stereocenters. The first-order valence-electron chi connectivity index (χ1n) is 11.3. The quantitative estimate of drug-likeness (QED) is 0.603. The second-order valence-electron chi connectivity index (χ2n) is 8.71. The monoisotopic (exact) mass is 483 g/mol. The van der Waals surface area contributed by atoms with Gasteiger partial charge in [-0.2, -0.15) is 5.10 Å². The van der Waals surface area contributed by atoms with Crippen molar-refractivity contribution in [2.24, 2.45) is 5.10 Å². The molecule has 1 saturated heterocycles. The zero-order valence-corrected chi connectivity index (χ0v) is 20.2. The Morgan fingerprint density at radius 1 is 1.09 bits per heavy atom. The SMILES string of the molecule is COc1ccc(C2CC(c3ccccc3)=NN2C(=O)CCC(=O)N(C)C2CCS(=O)(=O)C2)cc1. The average molecular weight is 484 g/mol. The largest absolute Gasteiger partial charge is 0.497 e. The molecule has 9 heteroatoms. The molecule has 0 spiro atoms. The molecule has 4 rings (SSSR count). The van der Waals surface area contributed by atoms with E-state index in [1.54, 1.807) is 14.2 Å². The number of hydrogen-bond donors (Lipinski definition) is 0. The molecule has 0 N–H and O–H groups in total. The van der Waals surface area contributed by atoms with Crippen molar-refractivity contribution < 1.29 is 22.7 Å². The van der Waals surface area contributed by atoms with Gasteiger partial charge in [0.1, 0.15) is 5.75 Å². The molecule has 2 heterocycles. The number of benzene rings is 2. The number of sulfone groups is 1. The summed E-state index contributed by atoms with van der Waals surface area (Å²) in [7, 11) is 0.125.